The molecule has 162 valence electrons. The van der Waals surface area contributed by atoms with Crippen molar-refractivity contribution in [2.24, 2.45) is 0 Å². The van der Waals surface area contributed by atoms with Crippen LogP contribution in [0, 0.1) is 0 Å². The third kappa shape index (κ3) is 4.66. The van der Waals surface area contributed by atoms with Crippen LogP contribution < -0.4 is 4.74 Å². The first-order chi connectivity index (χ1) is 13.8. The SMILES string of the molecule is O=C(O)C1(c2cc(Cl)c(OCCC(F)(F)F)c(-c3ccc(C(F)(F)F)cc3)c2)CC1. The van der Waals surface area contributed by atoms with Crippen molar-refractivity contribution in [3.8, 4) is 16.9 Å². The summed E-state index contributed by atoms with van der Waals surface area (Å²) in [5.74, 6) is -1.23. The zero-order valence-corrected chi connectivity index (χ0v) is 16.0. The van der Waals surface area contributed by atoms with Crippen molar-refractivity contribution in [2.75, 3.05) is 6.61 Å². The topological polar surface area (TPSA) is 46.5 Å². The molecular weight excluding hydrogens is 438 g/mol. The van der Waals surface area contributed by atoms with Crippen molar-refractivity contribution in [3.63, 3.8) is 0 Å². The van der Waals surface area contributed by atoms with Crippen LogP contribution in [0.3, 0.4) is 0 Å². The van der Waals surface area contributed by atoms with Gasteiger partial charge in [0.15, 0.2) is 0 Å². The molecule has 0 spiro atoms. The lowest BCUT2D eigenvalue weighted by Crippen LogP contribution is -2.20. The summed E-state index contributed by atoms with van der Waals surface area (Å²) >= 11 is 6.20. The molecule has 0 saturated heterocycles. The van der Waals surface area contributed by atoms with Crippen molar-refractivity contribution in [3.05, 3.63) is 52.5 Å². The first-order valence-electron chi connectivity index (χ1n) is 8.78. The van der Waals surface area contributed by atoms with Crippen molar-refractivity contribution in [1.82, 2.24) is 0 Å². The van der Waals surface area contributed by atoms with Crippen LogP contribution in [-0.4, -0.2) is 23.9 Å². The third-order valence-electron chi connectivity index (χ3n) is 4.91. The van der Waals surface area contributed by atoms with E-state index < -0.39 is 42.3 Å². The van der Waals surface area contributed by atoms with E-state index in [1.54, 1.807) is 0 Å². The smallest absolute Gasteiger partial charge is 0.416 e. The molecule has 0 atom stereocenters. The Bertz CT molecular complexity index is 947. The summed E-state index contributed by atoms with van der Waals surface area (Å²) in [6.45, 7) is -0.750. The molecule has 0 unspecified atom stereocenters. The molecule has 1 fully saturated rings. The molecule has 1 N–H and O–H groups in total. The van der Waals surface area contributed by atoms with E-state index in [1.165, 1.54) is 12.1 Å². The Hall–Kier alpha value is -2.42. The molecule has 1 saturated carbocycles. The fraction of sp³-hybridized carbons (Fsp3) is 0.350. The van der Waals surface area contributed by atoms with E-state index in [4.69, 9.17) is 16.3 Å². The molecule has 2 aromatic carbocycles. The van der Waals surface area contributed by atoms with E-state index in [1.807, 2.05) is 0 Å². The number of carboxylic acid groups (broad SMARTS) is 1. The van der Waals surface area contributed by atoms with Crippen LogP contribution in [-0.2, 0) is 16.4 Å². The van der Waals surface area contributed by atoms with Gasteiger partial charge in [0.1, 0.15) is 5.75 Å². The van der Waals surface area contributed by atoms with Crippen molar-refractivity contribution < 1.29 is 41.0 Å². The van der Waals surface area contributed by atoms with Crippen LogP contribution in [0.15, 0.2) is 36.4 Å². The second-order valence-corrected chi connectivity index (χ2v) is 7.42. The van der Waals surface area contributed by atoms with Gasteiger partial charge in [-0.05, 0) is 48.2 Å². The van der Waals surface area contributed by atoms with E-state index in [2.05, 4.69) is 0 Å². The molecule has 3 nitrogen and oxygen atoms in total. The number of hydrogen-bond donors (Lipinski definition) is 1. The van der Waals surface area contributed by atoms with Crippen molar-refractivity contribution in [2.45, 2.75) is 37.0 Å². The fourth-order valence-corrected chi connectivity index (χ4v) is 3.36. The number of aliphatic carboxylic acids is 1. The molecular formula is C20H15ClF6O3. The highest BCUT2D eigenvalue weighted by atomic mass is 35.5. The number of halogens is 7. The highest BCUT2D eigenvalue weighted by Crippen LogP contribution is 2.51. The molecule has 1 aliphatic carbocycles. The number of hydrogen-bond acceptors (Lipinski definition) is 2. The maximum absolute atomic E-state index is 12.8. The van der Waals surface area contributed by atoms with Crippen LogP contribution in [0.25, 0.3) is 11.1 Å². The van der Waals surface area contributed by atoms with Crippen LogP contribution in [0.4, 0.5) is 26.3 Å². The summed E-state index contributed by atoms with van der Waals surface area (Å²) in [5, 5.41) is 9.40. The van der Waals surface area contributed by atoms with E-state index in [0.29, 0.717) is 18.4 Å². The minimum absolute atomic E-state index is 0.114. The second kappa shape index (κ2) is 7.68. The Morgan fingerprint density at radius 1 is 1.07 bits per heavy atom. The molecule has 1 aliphatic rings. The lowest BCUT2D eigenvalue weighted by Gasteiger charge is -2.19. The molecule has 0 amide bonds. The largest absolute Gasteiger partial charge is 0.491 e. The Labute approximate surface area is 172 Å². The predicted molar refractivity (Wildman–Crippen MR) is 96.6 cm³/mol. The maximum atomic E-state index is 12.8. The first-order valence-corrected chi connectivity index (χ1v) is 9.16. The van der Waals surface area contributed by atoms with Gasteiger partial charge in [-0.1, -0.05) is 23.7 Å². The Morgan fingerprint density at radius 2 is 1.67 bits per heavy atom. The highest BCUT2D eigenvalue weighted by molar-refractivity contribution is 6.32. The van der Waals surface area contributed by atoms with Gasteiger partial charge in [-0.25, -0.2) is 0 Å². The summed E-state index contributed by atoms with van der Waals surface area (Å²) in [5.41, 5.74) is -1.43. The van der Waals surface area contributed by atoms with Gasteiger partial charge in [-0.15, -0.1) is 0 Å². The van der Waals surface area contributed by atoms with Gasteiger partial charge in [0, 0.05) is 5.56 Å². The molecule has 3 rings (SSSR count). The van der Waals surface area contributed by atoms with Crippen molar-refractivity contribution in [1.29, 1.82) is 0 Å². The van der Waals surface area contributed by atoms with Gasteiger partial charge < -0.3 is 9.84 Å². The number of carbonyl (C=O) groups is 1. The summed E-state index contributed by atoms with van der Waals surface area (Å²) in [6.07, 6.45) is -9.59. The van der Waals surface area contributed by atoms with Gasteiger partial charge in [0.25, 0.3) is 0 Å². The normalized spacial score (nSPS) is 15.7. The lowest BCUT2D eigenvalue weighted by molar-refractivity contribution is -0.140. The zero-order chi connectivity index (χ0) is 22.3. The Morgan fingerprint density at radius 3 is 2.13 bits per heavy atom. The van der Waals surface area contributed by atoms with E-state index in [0.717, 1.165) is 24.3 Å². The fourth-order valence-electron chi connectivity index (χ4n) is 3.09. The molecule has 10 heteroatoms. The molecule has 0 aromatic heterocycles. The average molecular weight is 453 g/mol. The van der Waals surface area contributed by atoms with Gasteiger partial charge in [-0.3, -0.25) is 4.79 Å². The second-order valence-electron chi connectivity index (χ2n) is 7.01. The van der Waals surface area contributed by atoms with E-state index >= 15 is 0 Å². The van der Waals surface area contributed by atoms with Gasteiger partial charge in [-0.2, -0.15) is 26.3 Å². The molecule has 0 heterocycles. The van der Waals surface area contributed by atoms with Crippen LogP contribution in [0.5, 0.6) is 5.75 Å². The molecule has 2 aromatic rings. The monoisotopic (exact) mass is 452 g/mol. The first kappa shape index (κ1) is 22.3. The molecule has 30 heavy (non-hydrogen) atoms. The number of benzene rings is 2. The third-order valence-corrected chi connectivity index (χ3v) is 5.19. The van der Waals surface area contributed by atoms with Crippen molar-refractivity contribution >= 4 is 17.6 Å². The maximum Gasteiger partial charge on any atom is 0.416 e. The van der Waals surface area contributed by atoms with Gasteiger partial charge in [0.2, 0.25) is 0 Å². The van der Waals surface area contributed by atoms with Crippen LogP contribution in [0.1, 0.15) is 30.4 Å². The van der Waals surface area contributed by atoms with Gasteiger partial charge in [0.05, 0.1) is 29.0 Å². The van der Waals surface area contributed by atoms with Crippen LogP contribution in [0.2, 0.25) is 5.02 Å². The summed E-state index contributed by atoms with van der Waals surface area (Å²) < 4.78 is 81.2. The highest BCUT2D eigenvalue weighted by Gasteiger charge is 2.52. The lowest BCUT2D eigenvalue weighted by atomic mass is 9.91. The van der Waals surface area contributed by atoms with Crippen LogP contribution >= 0.6 is 11.6 Å². The number of carboxylic acids is 1. The van der Waals surface area contributed by atoms with Gasteiger partial charge >= 0.3 is 18.3 Å². The average Bonchev–Trinajstić information content (AvgIpc) is 3.43. The Balaban J connectivity index is 2.05. The number of rotatable bonds is 6. The minimum Gasteiger partial charge on any atom is -0.491 e. The number of alkyl halides is 6. The quantitative estimate of drug-likeness (QED) is 0.511. The summed E-state index contributed by atoms with van der Waals surface area (Å²) in [7, 11) is 0. The minimum atomic E-state index is -4.56. The predicted octanol–water partition coefficient (Wildman–Crippen LogP) is 6.47. The van der Waals surface area contributed by atoms with E-state index in [-0.39, 0.29) is 21.9 Å². The number of ether oxygens (including phenoxy) is 1. The summed E-state index contributed by atoms with van der Waals surface area (Å²) in [6, 6.07) is 6.63. The molecule has 0 aliphatic heterocycles. The van der Waals surface area contributed by atoms with E-state index in [9.17, 15) is 36.2 Å². The molecule has 0 radical (unpaired) electrons. The zero-order valence-electron chi connectivity index (χ0n) is 15.2. The standard InChI is InChI=1S/C20H15ClF6O3/c21-15-10-13(18(5-6-18)17(28)29)9-14(16(15)30-8-7-19(22,23)24)11-1-3-12(4-2-11)20(25,26)27/h1-4,9-10H,5-8H2,(H,28,29). The Kier molecular flexibility index (Phi) is 5.70. The molecule has 0 bridgehead atoms. The summed E-state index contributed by atoms with van der Waals surface area (Å²) in [4.78, 5) is 11.6.